The molecule has 0 radical (unpaired) electrons. The lowest BCUT2D eigenvalue weighted by Gasteiger charge is -2.13. The number of nitrogens with one attached hydrogen (secondary N) is 1. The third-order valence-corrected chi connectivity index (χ3v) is 3.95. The van der Waals surface area contributed by atoms with Crippen molar-refractivity contribution in [2.75, 3.05) is 20.8 Å². The van der Waals surface area contributed by atoms with E-state index in [1.807, 2.05) is 0 Å². The summed E-state index contributed by atoms with van der Waals surface area (Å²) < 4.78 is 25.7. The molecule has 0 heterocycles. The van der Waals surface area contributed by atoms with Gasteiger partial charge in [0, 0.05) is 26.4 Å². The van der Waals surface area contributed by atoms with E-state index in [0.29, 0.717) is 5.56 Å². The van der Waals surface area contributed by atoms with Crippen LogP contribution in [0.25, 0.3) is 0 Å². The van der Waals surface area contributed by atoms with Crippen molar-refractivity contribution in [2.45, 2.75) is 6.61 Å². The van der Waals surface area contributed by atoms with Gasteiger partial charge < -0.3 is 13.8 Å². The Bertz CT molecular complexity index is 538. The average molecular weight is 318 g/mol. The molecule has 0 bridgehead atoms. The molecule has 0 aliphatic rings. The summed E-state index contributed by atoms with van der Waals surface area (Å²) in [6, 6.07) is 5.58. The second-order valence-corrected chi connectivity index (χ2v) is 5.82. The number of carbonyl (C=O) groups excluding carboxylic acids is 1. The van der Waals surface area contributed by atoms with Crippen LogP contribution in [0, 0.1) is 10.1 Å². The van der Waals surface area contributed by atoms with Crippen molar-refractivity contribution in [1.82, 2.24) is 5.09 Å². The van der Waals surface area contributed by atoms with E-state index in [-0.39, 0.29) is 18.8 Å². The number of non-ortho nitro benzene ring substituents is 1. The van der Waals surface area contributed by atoms with Crippen LogP contribution in [0.15, 0.2) is 24.3 Å². The van der Waals surface area contributed by atoms with Gasteiger partial charge >= 0.3 is 13.7 Å². The molecule has 10 heteroatoms. The van der Waals surface area contributed by atoms with Crippen LogP contribution in [0.5, 0.6) is 0 Å². The number of nitro benzene ring substituents is 1. The van der Waals surface area contributed by atoms with Crippen molar-refractivity contribution in [2.24, 2.45) is 0 Å². The van der Waals surface area contributed by atoms with E-state index >= 15 is 0 Å². The Balaban J connectivity index is 2.43. The Morgan fingerprint density at radius 3 is 2.33 bits per heavy atom. The summed E-state index contributed by atoms with van der Waals surface area (Å²) in [6.07, 6.45) is 0. The third kappa shape index (κ3) is 5.60. The van der Waals surface area contributed by atoms with Gasteiger partial charge in [0.25, 0.3) is 5.69 Å². The first-order chi connectivity index (χ1) is 9.90. The average Bonchev–Trinajstić information content (AvgIpc) is 2.51. The topological polar surface area (TPSA) is 117 Å². The van der Waals surface area contributed by atoms with E-state index in [2.05, 4.69) is 14.1 Å². The van der Waals surface area contributed by atoms with Crippen molar-refractivity contribution < 1.29 is 28.1 Å². The Kier molecular flexibility index (Phi) is 6.44. The number of nitro groups is 1. The molecule has 116 valence electrons. The van der Waals surface area contributed by atoms with Gasteiger partial charge in [0.2, 0.25) is 0 Å². The van der Waals surface area contributed by atoms with Crippen LogP contribution in [0.3, 0.4) is 0 Å². The van der Waals surface area contributed by atoms with Crippen molar-refractivity contribution in [1.29, 1.82) is 0 Å². The number of hydrogen-bond donors (Lipinski definition) is 1. The monoisotopic (exact) mass is 318 g/mol. The van der Waals surface area contributed by atoms with Crippen LogP contribution in [-0.2, 0) is 29.8 Å². The predicted octanol–water partition coefficient (Wildman–Crippen LogP) is 1.63. The van der Waals surface area contributed by atoms with Crippen LogP contribution >= 0.6 is 7.75 Å². The fraction of sp³-hybridized carbons (Fsp3) is 0.364. The number of esters is 1. The first kappa shape index (κ1) is 17.3. The van der Waals surface area contributed by atoms with Gasteiger partial charge in [0.15, 0.2) is 0 Å². The third-order valence-electron chi connectivity index (χ3n) is 2.44. The second-order valence-electron chi connectivity index (χ2n) is 3.78. The van der Waals surface area contributed by atoms with Gasteiger partial charge in [-0.3, -0.25) is 14.9 Å². The molecule has 0 spiro atoms. The quantitative estimate of drug-likeness (QED) is 0.332. The van der Waals surface area contributed by atoms with Gasteiger partial charge in [-0.05, 0) is 17.7 Å². The minimum absolute atomic E-state index is 0.0483. The molecule has 9 nitrogen and oxygen atoms in total. The molecule has 21 heavy (non-hydrogen) atoms. The van der Waals surface area contributed by atoms with Crippen molar-refractivity contribution in [3.8, 4) is 0 Å². The molecule has 0 atom stereocenters. The summed E-state index contributed by atoms with van der Waals surface area (Å²) in [7, 11) is -1.11. The summed E-state index contributed by atoms with van der Waals surface area (Å²) in [5.41, 5.74) is 0.545. The molecule has 0 fully saturated rings. The lowest BCUT2D eigenvalue weighted by atomic mass is 10.2. The van der Waals surface area contributed by atoms with Crippen molar-refractivity contribution >= 4 is 19.4 Å². The summed E-state index contributed by atoms with van der Waals surface area (Å²) in [6.45, 7) is -0.408. The first-order valence-electron chi connectivity index (χ1n) is 5.76. The van der Waals surface area contributed by atoms with Gasteiger partial charge in [-0.15, -0.1) is 0 Å². The lowest BCUT2D eigenvalue weighted by Crippen LogP contribution is -2.23. The van der Waals surface area contributed by atoms with Crippen molar-refractivity contribution in [3.63, 3.8) is 0 Å². The molecule has 0 aliphatic carbocycles. The van der Waals surface area contributed by atoms with E-state index in [0.717, 1.165) is 0 Å². The number of carbonyl (C=O) groups is 1. The predicted molar refractivity (Wildman–Crippen MR) is 72.5 cm³/mol. The van der Waals surface area contributed by atoms with Crippen molar-refractivity contribution in [3.05, 3.63) is 39.9 Å². The molecule has 0 saturated carbocycles. The highest BCUT2D eigenvalue weighted by molar-refractivity contribution is 7.51. The highest BCUT2D eigenvalue weighted by atomic mass is 31.2. The highest BCUT2D eigenvalue weighted by Crippen LogP contribution is 2.40. The largest absolute Gasteiger partial charge is 0.460 e. The minimum atomic E-state index is -3.47. The lowest BCUT2D eigenvalue weighted by molar-refractivity contribution is -0.384. The van der Waals surface area contributed by atoms with E-state index < -0.39 is 18.6 Å². The molecule has 1 aromatic rings. The Labute approximate surface area is 120 Å². The normalized spacial score (nSPS) is 11.1. The standard InChI is InChI=1S/C11H15N2O7P/c1-18-21(17,19-2)12-7-11(14)20-8-9-3-5-10(6-4-9)13(15)16/h3-6H,7-8H2,1-2H3,(H,12,17). The fourth-order valence-corrected chi connectivity index (χ4v) is 2.02. The van der Waals surface area contributed by atoms with Gasteiger partial charge in [-0.25, -0.2) is 9.65 Å². The molecule has 1 aromatic carbocycles. The fourth-order valence-electron chi connectivity index (χ4n) is 1.29. The molecule has 1 N–H and O–H groups in total. The second kappa shape index (κ2) is 7.84. The van der Waals surface area contributed by atoms with E-state index in [9.17, 15) is 19.5 Å². The SMILES string of the molecule is COP(=O)(NCC(=O)OCc1ccc([N+](=O)[O-])cc1)OC. The number of rotatable bonds is 8. The van der Waals surface area contributed by atoms with E-state index in [1.165, 1.54) is 38.5 Å². The van der Waals surface area contributed by atoms with Crippen LogP contribution in [0.1, 0.15) is 5.56 Å². The van der Waals surface area contributed by atoms with E-state index in [1.54, 1.807) is 0 Å². The van der Waals surface area contributed by atoms with Gasteiger partial charge in [-0.2, -0.15) is 0 Å². The van der Waals surface area contributed by atoms with Crippen LogP contribution < -0.4 is 5.09 Å². The summed E-state index contributed by atoms with van der Waals surface area (Å²) >= 11 is 0. The van der Waals surface area contributed by atoms with Crippen LogP contribution in [-0.4, -0.2) is 31.7 Å². The number of benzene rings is 1. The maximum atomic E-state index is 11.6. The van der Waals surface area contributed by atoms with Gasteiger partial charge in [0.05, 0.1) is 4.92 Å². The number of nitrogens with zero attached hydrogens (tertiary/aromatic N) is 1. The van der Waals surface area contributed by atoms with Gasteiger partial charge in [0.1, 0.15) is 13.2 Å². The molecular formula is C11H15N2O7P. The van der Waals surface area contributed by atoms with Crippen LogP contribution in [0.4, 0.5) is 5.69 Å². The van der Waals surface area contributed by atoms with E-state index in [4.69, 9.17) is 4.74 Å². The Morgan fingerprint density at radius 1 is 1.29 bits per heavy atom. The Hall–Kier alpha value is -1.80. The maximum absolute atomic E-state index is 11.6. The Morgan fingerprint density at radius 2 is 1.86 bits per heavy atom. The molecule has 0 unspecified atom stereocenters. The number of hydrogen-bond acceptors (Lipinski definition) is 7. The smallest absolute Gasteiger partial charge is 0.405 e. The first-order valence-corrected chi connectivity index (χ1v) is 7.30. The maximum Gasteiger partial charge on any atom is 0.405 e. The zero-order chi connectivity index (χ0) is 15.9. The minimum Gasteiger partial charge on any atom is -0.460 e. The molecule has 1 rings (SSSR count). The van der Waals surface area contributed by atoms with Gasteiger partial charge in [-0.1, -0.05) is 0 Å². The number of ether oxygens (including phenoxy) is 1. The summed E-state index contributed by atoms with van der Waals surface area (Å²) in [5, 5.41) is 12.8. The zero-order valence-electron chi connectivity index (χ0n) is 11.5. The molecule has 0 aliphatic heterocycles. The molecule has 0 saturated heterocycles. The summed E-state index contributed by atoms with van der Waals surface area (Å²) in [4.78, 5) is 21.4. The van der Waals surface area contributed by atoms with Crippen LogP contribution in [0.2, 0.25) is 0 Å². The molecular weight excluding hydrogens is 303 g/mol. The molecule has 0 aromatic heterocycles. The zero-order valence-corrected chi connectivity index (χ0v) is 12.4. The summed E-state index contributed by atoms with van der Waals surface area (Å²) in [5.74, 6) is -0.664. The molecule has 0 amide bonds. The highest BCUT2D eigenvalue weighted by Gasteiger charge is 2.21.